The van der Waals surface area contributed by atoms with Gasteiger partial charge < -0.3 is 4.74 Å². The highest BCUT2D eigenvalue weighted by atomic mass is 16.6. The van der Waals surface area contributed by atoms with E-state index in [0.29, 0.717) is 18.7 Å². The van der Waals surface area contributed by atoms with Crippen LogP contribution in [0.1, 0.15) is 18.9 Å². The van der Waals surface area contributed by atoms with Crippen molar-refractivity contribution in [2.24, 2.45) is 0 Å². The van der Waals surface area contributed by atoms with Crippen molar-refractivity contribution in [3.05, 3.63) is 47.0 Å². The number of carbonyl (C=O) groups is 2. The second-order valence-corrected chi connectivity index (χ2v) is 4.50. The first-order chi connectivity index (χ1) is 9.24. The predicted molar refractivity (Wildman–Crippen MR) is 71.6 cm³/mol. The number of hydrogen-bond acceptors (Lipinski definition) is 3. The molecule has 4 heteroatoms. The Kier molecular flexibility index (Phi) is 4.34. The maximum Gasteiger partial charge on any atom is 0.410 e. The summed E-state index contributed by atoms with van der Waals surface area (Å²) in [6.07, 6.45) is 1.26. The summed E-state index contributed by atoms with van der Waals surface area (Å²) in [7, 11) is 0. The van der Waals surface area contributed by atoms with Crippen molar-refractivity contribution in [1.82, 2.24) is 4.90 Å². The zero-order valence-corrected chi connectivity index (χ0v) is 11.0. The lowest BCUT2D eigenvalue weighted by molar-refractivity contribution is -0.105. The standard InChI is InChI=1S/C15H17NO3/c1-2-13-8-16(9-14(13)10-17)15(18)19-11-12-6-4-3-5-7-12/h3-7,10H,2,8-9,11H2,1H3. The topological polar surface area (TPSA) is 46.6 Å². The molecule has 1 heterocycles. The van der Waals surface area contributed by atoms with Gasteiger partial charge >= 0.3 is 6.09 Å². The Hall–Kier alpha value is -2.10. The zero-order chi connectivity index (χ0) is 13.7. The van der Waals surface area contributed by atoms with Crippen LogP contribution in [0, 0.1) is 0 Å². The molecule has 0 spiro atoms. The average Bonchev–Trinajstić information content (AvgIpc) is 2.89. The van der Waals surface area contributed by atoms with E-state index in [4.69, 9.17) is 4.74 Å². The fraction of sp³-hybridized carbons (Fsp3) is 0.333. The SMILES string of the molecule is CCC1=C(C=O)CN(C(=O)OCc2ccccc2)C1. The number of ether oxygens (including phenoxy) is 1. The number of nitrogens with zero attached hydrogens (tertiary/aromatic N) is 1. The van der Waals surface area contributed by atoms with Crippen molar-refractivity contribution in [2.45, 2.75) is 20.0 Å². The van der Waals surface area contributed by atoms with Crippen LogP contribution >= 0.6 is 0 Å². The molecule has 19 heavy (non-hydrogen) atoms. The number of benzene rings is 1. The van der Waals surface area contributed by atoms with E-state index in [-0.39, 0.29) is 12.7 Å². The van der Waals surface area contributed by atoms with Gasteiger partial charge in [-0.3, -0.25) is 9.69 Å². The van der Waals surface area contributed by atoms with Gasteiger partial charge in [0.2, 0.25) is 0 Å². The van der Waals surface area contributed by atoms with Crippen molar-refractivity contribution >= 4 is 12.4 Å². The highest BCUT2D eigenvalue weighted by molar-refractivity contribution is 5.80. The van der Waals surface area contributed by atoms with Crippen molar-refractivity contribution < 1.29 is 14.3 Å². The molecule has 1 aliphatic rings. The summed E-state index contributed by atoms with van der Waals surface area (Å²) >= 11 is 0. The van der Waals surface area contributed by atoms with Crippen LogP contribution in [0.3, 0.4) is 0 Å². The largest absolute Gasteiger partial charge is 0.445 e. The highest BCUT2D eigenvalue weighted by Crippen LogP contribution is 2.19. The Morgan fingerprint density at radius 3 is 2.63 bits per heavy atom. The van der Waals surface area contributed by atoms with Gasteiger partial charge in [0.25, 0.3) is 0 Å². The summed E-state index contributed by atoms with van der Waals surface area (Å²) in [5.74, 6) is 0. The first kappa shape index (κ1) is 13.3. The first-order valence-corrected chi connectivity index (χ1v) is 6.36. The lowest BCUT2D eigenvalue weighted by Crippen LogP contribution is -2.30. The number of amides is 1. The summed E-state index contributed by atoms with van der Waals surface area (Å²) in [5, 5.41) is 0. The summed E-state index contributed by atoms with van der Waals surface area (Å²) in [6.45, 7) is 3.10. The molecule has 0 bridgehead atoms. The van der Waals surface area contributed by atoms with Crippen molar-refractivity contribution in [3.63, 3.8) is 0 Å². The molecule has 0 saturated carbocycles. The molecule has 0 aliphatic carbocycles. The maximum absolute atomic E-state index is 11.9. The minimum Gasteiger partial charge on any atom is -0.445 e. The molecule has 0 saturated heterocycles. The van der Waals surface area contributed by atoms with Gasteiger partial charge in [-0.1, -0.05) is 37.3 Å². The van der Waals surface area contributed by atoms with E-state index in [0.717, 1.165) is 23.8 Å². The Balaban J connectivity index is 1.88. The molecule has 0 unspecified atom stereocenters. The Labute approximate surface area is 112 Å². The Morgan fingerprint density at radius 1 is 1.32 bits per heavy atom. The molecule has 1 aromatic rings. The lowest BCUT2D eigenvalue weighted by Gasteiger charge is -2.16. The predicted octanol–water partition coefficient (Wildman–Crippen LogP) is 2.54. The van der Waals surface area contributed by atoms with E-state index in [9.17, 15) is 9.59 Å². The van der Waals surface area contributed by atoms with Crippen molar-refractivity contribution in [1.29, 1.82) is 0 Å². The van der Waals surface area contributed by atoms with Gasteiger partial charge in [-0.2, -0.15) is 0 Å². The van der Waals surface area contributed by atoms with Crippen molar-refractivity contribution in [2.75, 3.05) is 13.1 Å². The molecular formula is C15H17NO3. The van der Waals surface area contributed by atoms with Gasteiger partial charge in [-0.05, 0) is 17.6 Å². The molecule has 100 valence electrons. The van der Waals surface area contributed by atoms with E-state index < -0.39 is 0 Å². The lowest BCUT2D eigenvalue weighted by atomic mass is 10.1. The summed E-state index contributed by atoms with van der Waals surface area (Å²) in [6, 6.07) is 9.54. The molecule has 0 atom stereocenters. The van der Waals surface area contributed by atoms with Gasteiger partial charge in [-0.25, -0.2) is 4.79 Å². The maximum atomic E-state index is 11.9. The number of aldehydes is 1. The van der Waals surface area contributed by atoms with Gasteiger partial charge in [0.05, 0.1) is 6.54 Å². The van der Waals surface area contributed by atoms with E-state index >= 15 is 0 Å². The highest BCUT2D eigenvalue weighted by Gasteiger charge is 2.25. The monoisotopic (exact) mass is 259 g/mol. The van der Waals surface area contributed by atoms with Crippen LogP contribution < -0.4 is 0 Å². The summed E-state index contributed by atoms with van der Waals surface area (Å²) in [4.78, 5) is 24.4. The van der Waals surface area contributed by atoms with Crippen LogP contribution in [-0.4, -0.2) is 30.4 Å². The quantitative estimate of drug-likeness (QED) is 0.781. The summed E-state index contributed by atoms with van der Waals surface area (Å²) < 4.78 is 5.24. The smallest absolute Gasteiger partial charge is 0.410 e. The average molecular weight is 259 g/mol. The molecular weight excluding hydrogens is 242 g/mol. The Morgan fingerprint density at radius 2 is 2.05 bits per heavy atom. The number of rotatable bonds is 4. The van der Waals surface area contributed by atoms with E-state index in [1.807, 2.05) is 37.3 Å². The van der Waals surface area contributed by atoms with Crippen LogP contribution in [-0.2, 0) is 16.1 Å². The minimum atomic E-state index is -0.369. The third kappa shape index (κ3) is 3.22. The third-order valence-corrected chi connectivity index (χ3v) is 3.23. The molecule has 0 N–H and O–H groups in total. The van der Waals surface area contributed by atoms with Gasteiger partial charge in [0, 0.05) is 12.1 Å². The molecule has 1 aromatic carbocycles. The fourth-order valence-corrected chi connectivity index (χ4v) is 2.10. The van der Waals surface area contributed by atoms with E-state index in [2.05, 4.69) is 0 Å². The van der Waals surface area contributed by atoms with Crippen LogP contribution in [0.15, 0.2) is 41.5 Å². The zero-order valence-electron chi connectivity index (χ0n) is 11.0. The molecule has 0 aromatic heterocycles. The second-order valence-electron chi connectivity index (χ2n) is 4.50. The molecule has 2 rings (SSSR count). The van der Waals surface area contributed by atoms with Crippen LogP contribution in [0.25, 0.3) is 0 Å². The Bertz CT molecular complexity index is 493. The number of carbonyl (C=O) groups excluding carboxylic acids is 2. The third-order valence-electron chi connectivity index (χ3n) is 3.23. The van der Waals surface area contributed by atoms with Crippen LogP contribution in [0.4, 0.5) is 4.79 Å². The summed E-state index contributed by atoms with van der Waals surface area (Å²) in [5.41, 5.74) is 2.68. The van der Waals surface area contributed by atoms with Gasteiger partial charge in [-0.15, -0.1) is 0 Å². The molecule has 1 aliphatic heterocycles. The molecule has 4 nitrogen and oxygen atoms in total. The molecule has 0 fully saturated rings. The van der Waals surface area contributed by atoms with Crippen LogP contribution in [0.2, 0.25) is 0 Å². The minimum absolute atomic E-state index is 0.258. The first-order valence-electron chi connectivity index (χ1n) is 6.36. The van der Waals surface area contributed by atoms with E-state index in [1.54, 1.807) is 4.90 Å². The molecule has 0 radical (unpaired) electrons. The van der Waals surface area contributed by atoms with Crippen LogP contribution in [0.5, 0.6) is 0 Å². The normalized spacial score (nSPS) is 14.7. The van der Waals surface area contributed by atoms with E-state index in [1.165, 1.54) is 0 Å². The fourth-order valence-electron chi connectivity index (χ4n) is 2.10. The molecule has 1 amide bonds. The van der Waals surface area contributed by atoms with Gasteiger partial charge in [0.1, 0.15) is 12.9 Å². The van der Waals surface area contributed by atoms with Gasteiger partial charge in [0.15, 0.2) is 0 Å². The van der Waals surface area contributed by atoms with Crippen molar-refractivity contribution in [3.8, 4) is 0 Å². The second kappa shape index (κ2) is 6.18. The number of hydrogen-bond donors (Lipinski definition) is 0.